The molecule has 1 saturated carbocycles. The number of rotatable bonds is 10. The Morgan fingerprint density at radius 2 is 1.19 bits per heavy atom. The maximum absolute atomic E-state index is 4.87. The summed E-state index contributed by atoms with van der Waals surface area (Å²) in [6.07, 6.45) is 4.63. The molecule has 1 aliphatic rings. The van der Waals surface area contributed by atoms with E-state index in [0.29, 0.717) is 12.0 Å². The standard InChI is InChI=1S/C37H41N5/c1-42(2)35-33-20-12-13-21-34(33)40-36(41-35)39-32-24-22-28(23-25-32)26-38-27-37(29-14-6-3-7-15-29,30-16-8-4-9-17-30)31-18-10-5-11-19-31/h3-21,28,32,38H,22-27H2,1-2H3,(H,39,40,41). The maximum atomic E-state index is 4.87. The molecule has 2 N–H and O–H groups in total. The van der Waals surface area contributed by atoms with Gasteiger partial charge >= 0.3 is 0 Å². The minimum absolute atomic E-state index is 0.264. The van der Waals surface area contributed by atoms with E-state index in [-0.39, 0.29) is 5.41 Å². The number of nitrogens with one attached hydrogen (secondary N) is 2. The Morgan fingerprint density at radius 3 is 1.74 bits per heavy atom. The van der Waals surface area contributed by atoms with Crippen LogP contribution in [0.15, 0.2) is 115 Å². The maximum Gasteiger partial charge on any atom is 0.225 e. The minimum atomic E-state index is -0.264. The number of hydrogen-bond acceptors (Lipinski definition) is 5. The van der Waals surface area contributed by atoms with E-state index in [2.05, 4.69) is 119 Å². The number of hydrogen-bond donors (Lipinski definition) is 2. The van der Waals surface area contributed by atoms with E-state index < -0.39 is 0 Å². The first-order chi connectivity index (χ1) is 20.6. The molecule has 5 nitrogen and oxygen atoms in total. The van der Waals surface area contributed by atoms with Crippen LogP contribution in [0.2, 0.25) is 0 Å². The van der Waals surface area contributed by atoms with Gasteiger partial charge in [0.25, 0.3) is 0 Å². The van der Waals surface area contributed by atoms with Gasteiger partial charge < -0.3 is 15.5 Å². The molecule has 0 amide bonds. The molecule has 0 aliphatic heterocycles. The largest absolute Gasteiger partial charge is 0.362 e. The number of aromatic nitrogens is 2. The van der Waals surface area contributed by atoms with Gasteiger partial charge in [-0.1, -0.05) is 103 Å². The van der Waals surface area contributed by atoms with Crippen molar-refractivity contribution in [3.05, 3.63) is 132 Å². The van der Waals surface area contributed by atoms with Gasteiger partial charge in [-0.15, -0.1) is 0 Å². The van der Waals surface area contributed by atoms with Gasteiger partial charge in [-0.25, -0.2) is 4.98 Å². The quantitative estimate of drug-likeness (QED) is 0.177. The van der Waals surface area contributed by atoms with Crippen molar-refractivity contribution < 1.29 is 0 Å². The SMILES string of the molecule is CN(C)c1nc(NC2CCC(CNCC(c3ccccc3)(c3ccccc3)c3ccccc3)CC2)nc2ccccc12. The Balaban J connectivity index is 1.14. The van der Waals surface area contributed by atoms with E-state index in [0.717, 1.165) is 48.6 Å². The molecule has 1 fully saturated rings. The lowest BCUT2D eigenvalue weighted by atomic mass is 9.69. The average Bonchev–Trinajstić information content (AvgIpc) is 3.05. The van der Waals surface area contributed by atoms with Crippen LogP contribution in [-0.4, -0.2) is 43.2 Å². The van der Waals surface area contributed by atoms with Crippen LogP contribution in [0, 0.1) is 5.92 Å². The molecule has 5 aromatic rings. The van der Waals surface area contributed by atoms with E-state index in [1.807, 2.05) is 26.2 Å². The summed E-state index contributed by atoms with van der Waals surface area (Å²) in [6.45, 7) is 1.86. The molecule has 6 rings (SSSR count). The first kappa shape index (κ1) is 27.9. The highest BCUT2D eigenvalue weighted by Gasteiger charge is 2.36. The third kappa shape index (κ3) is 5.88. The smallest absolute Gasteiger partial charge is 0.225 e. The Labute approximate surface area is 250 Å². The van der Waals surface area contributed by atoms with Crippen molar-refractivity contribution in [3.63, 3.8) is 0 Å². The molecule has 1 aliphatic carbocycles. The molecule has 0 radical (unpaired) electrons. The summed E-state index contributed by atoms with van der Waals surface area (Å²) in [5.41, 5.74) is 4.66. The fraction of sp³-hybridized carbons (Fsp3) is 0.297. The molecule has 0 spiro atoms. The Kier molecular flexibility index (Phi) is 8.47. The van der Waals surface area contributed by atoms with Gasteiger partial charge in [0.15, 0.2) is 0 Å². The van der Waals surface area contributed by atoms with Gasteiger partial charge in [0.05, 0.1) is 10.9 Å². The topological polar surface area (TPSA) is 53.1 Å². The molecule has 0 saturated heterocycles. The van der Waals surface area contributed by atoms with Crippen LogP contribution in [0.1, 0.15) is 42.4 Å². The normalized spacial score (nSPS) is 17.2. The van der Waals surface area contributed by atoms with Crippen molar-refractivity contribution >= 4 is 22.7 Å². The summed E-state index contributed by atoms with van der Waals surface area (Å²) < 4.78 is 0. The van der Waals surface area contributed by atoms with E-state index >= 15 is 0 Å². The molecule has 0 atom stereocenters. The van der Waals surface area contributed by atoms with Gasteiger partial charge in [-0.05, 0) is 67.0 Å². The highest BCUT2D eigenvalue weighted by atomic mass is 15.2. The van der Waals surface area contributed by atoms with Gasteiger partial charge in [-0.3, -0.25) is 0 Å². The van der Waals surface area contributed by atoms with E-state index in [1.54, 1.807) is 0 Å². The van der Waals surface area contributed by atoms with Crippen molar-refractivity contribution in [1.82, 2.24) is 15.3 Å². The second-order valence-electron chi connectivity index (χ2n) is 11.8. The zero-order valence-corrected chi connectivity index (χ0v) is 24.7. The number of para-hydroxylation sites is 1. The lowest BCUT2D eigenvalue weighted by Gasteiger charge is -2.37. The van der Waals surface area contributed by atoms with Crippen LogP contribution in [0.4, 0.5) is 11.8 Å². The second-order valence-corrected chi connectivity index (χ2v) is 11.8. The molecule has 214 valence electrons. The number of anilines is 2. The summed E-state index contributed by atoms with van der Waals surface area (Å²) in [7, 11) is 4.08. The van der Waals surface area contributed by atoms with E-state index in [9.17, 15) is 0 Å². The first-order valence-corrected chi connectivity index (χ1v) is 15.2. The number of nitrogens with zero attached hydrogens (tertiary/aromatic N) is 3. The van der Waals surface area contributed by atoms with Crippen molar-refractivity contribution in [3.8, 4) is 0 Å². The fourth-order valence-electron chi connectivity index (χ4n) is 6.60. The van der Waals surface area contributed by atoms with Gasteiger partial charge in [0.1, 0.15) is 5.82 Å². The van der Waals surface area contributed by atoms with E-state index in [1.165, 1.54) is 29.5 Å². The lowest BCUT2D eigenvalue weighted by molar-refractivity contribution is 0.319. The van der Waals surface area contributed by atoms with Crippen molar-refractivity contribution in [2.75, 3.05) is 37.4 Å². The lowest BCUT2D eigenvalue weighted by Crippen LogP contribution is -2.42. The average molecular weight is 556 g/mol. The molecular formula is C37H41N5. The summed E-state index contributed by atoms with van der Waals surface area (Å²) in [5, 5.41) is 8.69. The number of fused-ring (bicyclic) bond motifs is 1. The highest BCUT2D eigenvalue weighted by molar-refractivity contribution is 5.90. The predicted octanol–water partition coefficient (Wildman–Crippen LogP) is 7.29. The Morgan fingerprint density at radius 1 is 0.667 bits per heavy atom. The molecule has 42 heavy (non-hydrogen) atoms. The molecule has 4 aromatic carbocycles. The number of benzene rings is 4. The van der Waals surface area contributed by atoms with Crippen molar-refractivity contribution in [1.29, 1.82) is 0 Å². The monoisotopic (exact) mass is 555 g/mol. The highest BCUT2D eigenvalue weighted by Crippen LogP contribution is 2.39. The van der Waals surface area contributed by atoms with Crippen LogP contribution in [0.3, 0.4) is 0 Å². The minimum Gasteiger partial charge on any atom is -0.362 e. The van der Waals surface area contributed by atoms with Crippen LogP contribution < -0.4 is 15.5 Å². The van der Waals surface area contributed by atoms with Gasteiger partial charge in [0.2, 0.25) is 5.95 Å². The van der Waals surface area contributed by atoms with Crippen LogP contribution >= 0.6 is 0 Å². The second kappa shape index (κ2) is 12.7. The summed E-state index contributed by atoms with van der Waals surface area (Å²) >= 11 is 0. The Hall–Kier alpha value is -4.22. The molecule has 1 heterocycles. The molecule has 0 unspecified atom stereocenters. The third-order valence-corrected chi connectivity index (χ3v) is 8.81. The molecular weight excluding hydrogens is 514 g/mol. The van der Waals surface area contributed by atoms with Gasteiger partial charge in [0, 0.05) is 32.1 Å². The van der Waals surface area contributed by atoms with Crippen molar-refractivity contribution in [2.45, 2.75) is 37.1 Å². The third-order valence-electron chi connectivity index (χ3n) is 8.81. The molecule has 1 aromatic heterocycles. The van der Waals surface area contributed by atoms with Gasteiger partial charge in [-0.2, -0.15) is 4.98 Å². The fourth-order valence-corrected chi connectivity index (χ4v) is 6.60. The van der Waals surface area contributed by atoms with Crippen LogP contribution in [0.25, 0.3) is 10.9 Å². The van der Waals surface area contributed by atoms with Crippen LogP contribution in [-0.2, 0) is 5.41 Å². The van der Waals surface area contributed by atoms with E-state index in [4.69, 9.17) is 9.97 Å². The first-order valence-electron chi connectivity index (χ1n) is 15.2. The summed E-state index contributed by atoms with van der Waals surface area (Å²) in [4.78, 5) is 11.8. The summed E-state index contributed by atoms with van der Waals surface area (Å²) in [6, 6.07) is 41.5. The molecule has 5 heteroatoms. The zero-order valence-electron chi connectivity index (χ0n) is 24.7. The predicted molar refractivity (Wildman–Crippen MR) is 175 cm³/mol. The van der Waals surface area contributed by atoms with Crippen molar-refractivity contribution in [2.24, 2.45) is 5.92 Å². The summed E-state index contributed by atoms with van der Waals surface area (Å²) in [5.74, 6) is 2.34. The Bertz CT molecular complexity index is 1470. The molecule has 0 bridgehead atoms. The zero-order chi connectivity index (χ0) is 28.8. The van der Waals surface area contributed by atoms with Crippen LogP contribution in [0.5, 0.6) is 0 Å².